The minimum Gasteiger partial charge on any atom is -0.872 e. The fraction of sp³-hybridized carbons (Fsp3) is 0.100. The summed E-state index contributed by atoms with van der Waals surface area (Å²) >= 11 is 0. The fourth-order valence-electron chi connectivity index (χ4n) is 2.94. The van der Waals surface area contributed by atoms with Crippen LogP contribution in [0.15, 0.2) is 59.7 Å². The van der Waals surface area contributed by atoms with E-state index < -0.39 is 16.6 Å². The predicted molar refractivity (Wildman–Crippen MR) is 103 cm³/mol. The predicted octanol–water partition coefficient (Wildman–Crippen LogP) is 2.84. The molecule has 0 saturated heterocycles. The van der Waals surface area contributed by atoms with E-state index in [1.807, 2.05) is 48.7 Å². The van der Waals surface area contributed by atoms with Gasteiger partial charge in [0.1, 0.15) is 0 Å². The van der Waals surface area contributed by atoms with Gasteiger partial charge in [0, 0.05) is 29.2 Å². The molecule has 0 fully saturated rings. The first-order chi connectivity index (χ1) is 13.4. The first kappa shape index (κ1) is 18.8. The molecular formula is C20H17N4O4-. The number of aryl methyl sites for hydroxylation is 1. The van der Waals surface area contributed by atoms with Gasteiger partial charge in [-0.3, -0.25) is 14.9 Å². The molecule has 0 radical (unpaired) electrons. The van der Waals surface area contributed by atoms with Gasteiger partial charge in [-0.15, -0.1) is 0 Å². The monoisotopic (exact) mass is 377 g/mol. The lowest BCUT2D eigenvalue weighted by Gasteiger charge is -2.09. The van der Waals surface area contributed by atoms with E-state index >= 15 is 0 Å². The van der Waals surface area contributed by atoms with Gasteiger partial charge in [-0.1, -0.05) is 30.0 Å². The van der Waals surface area contributed by atoms with Crippen molar-refractivity contribution in [3.05, 3.63) is 87.2 Å². The quantitative estimate of drug-likeness (QED) is 0.418. The Balaban J connectivity index is 1.80. The number of hydrogen-bond acceptors (Lipinski definition) is 5. The molecule has 28 heavy (non-hydrogen) atoms. The first-order valence-corrected chi connectivity index (χ1v) is 8.41. The van der Waals surface area contributed by atoms with Crippen molar-refractivity contribution in [2.45, 2.75) is 13.8 Å². The van der Waals surface area contributed by atoms with Crippen LogP contribution in [0.25, 0.3) is 5.69 Å². The van der Waals surface area contributed by atoms with Gasteiger partial charge in [-0.25, -0.2) is 5.43 Å². The summed E-state index contributed by atoms with van der Waals surface area (Å²) in [7, 11) is 0. The second-order valence-electron chi connectivity index (χ2n) is 6.13. The summed E-state index contributed by atoms with van der Waals surface area (Å²) in [5, 5.41) is 26.4. The lowest BCUT2D eigenvalue weighted by molar-refractivity contribution is -0.385. The number of hydrazone groups is 1. The third-order valence-electron chi connectivity index (χ3n) is 4.26. The van der Waals surface area contributed by atoms with Gasteiger partial charge in [-0.05, 0) is 37.6 Å². The maximum atomic E-state index is 12.5. The number of non-ortho nitro benzene ring substituents is 1. The standard InChI is InChI=1S/C20H18N4O4/c1-13-10-18(14(2)23(13)16-6-4-3-5-7-16)20(26)22-21-12-15-11-17(24(27)28)8-9-19(15)25/h3-12,25H,1-2H3,(H,22,26)/p-1/b21-12-. The van der Waals surface area contributed by atoms with Crippen molar-refractivity contribution in [3.8, 4) is 11.4 Å². The summed E-state index contributed by atoms with van der Waals surface area (Å²) < 4.78 is 1.95. The molecule has 3 rings (SSSR count). The smallest absolute Gasteiger partial charge is 0.273 e. The molecule has 3 aromatic rings. The lowest BCUT2D eigenvalue weighted by atomic mass is 10.2. The van der Waals surface area contributed by atoms with Crippen LogP contribution in [0.2, 0.25) is 0 Å². The van der Waals surface area contributed by atoms with E-state index in [2.05, 4.69) is 10.5 Å². The van der Waals surface area contributed by atoms with Gasteiger partial charge < -0.3 is 9.67 Å². The number of para-hydroxylation sites is 1. The van der Waals surface area contributed by atoms with Crippen LogP contribution < -0.4 is 10.5 Å². The first-order valence-electron chi connectivity index (χ1n) is 8.41. The Labute approximate surface area is 160 Å². The van der Waals surface area contributed by atoms with Crippen molar-refractivity contribution in [2.24, 2.45) is 5.10 Å². The highest BCUT2D eigenvalue weighted by atomic mass is 16.6. The van der Waals surface area contributed by atoms with Gasteiger partial charge in [-0.2, -0.15) is 5.10 Å². The molecule has 2 aromatic carbocycles. The van der Waals surface area contributed by atoms with E-state index in [0.717, 1.165) is 41.5 Å². The van der Waals surface area contributed by atoms with Crippen LogP contribution in [0.3, 0.4) is 0 Å². The molecule has 0 saturated carbocycles. The van der Waals surface area contributed by atoms with Crippen molar-refractivity contribution in [3.63, 3.8) is 0 Å². The number of rotatable bonds is 5. The number of nitrogens with zero attached hydrogens (tertiary/aromatic N) is 3. The molecule has 0 spiro atoms. The molecule has 8 heteroatoms. The molecular weight excluding hydrogens is 360 g/mol. The highest BCUT2D eigenvalue weighted by Crippen LogP contribution is 2.21. The molecule has 0 unspecified atom stereocenters. The average molecular weight is 377 g/mol. The Bertz CT molecular complexity index is 1070. The SMILES string of the molecule is Cc1cc(C(=O)N/N=C\c2cc([N+](=O)[O-])ccc2[O-])c(C)n1-c1ccccc1. The zero-order valence-corrected chi connectivity index (χ0v) is 15.2. The summed E-state index contributed by atoms with van der Waals surface area (Å²) in [6, 6.07) is 14.7. The van der Waals surface area contributed by atoms with Gasteiger partial charge in [0.25, 0.3) is 11.6 Å². The summed E-state index contributed by atoms with van der Waals surface area (Å²) in [4.78, 5) is 22.7. The topological polar surface area (TPSA) is 113 Å². The summed E-state index contributed by atoms with van der Waals surface area (Å²) in [5.74, 6) is -0.865. The summed E-state index contributed by atoms with van der Waals surface area (Å²) in [6.07, 6.45) is 1.10. The third kappa shape index (κ3) is 3.75. The molecule has 0 aliphatic rings. The van der Waals surface area contributed by atoms with E-state index in [-0.39, 0.29) is 11.3 Å². The van der Waals surface area contributed by atoms with Gasteiger partial charge >= 0.3 is 0 Å². The van der Waals surface area contributed by atoms with Crippen molar-refractivity contribution in [2.75, 3.05) is 0 Å². The molecule has 1 amide bonds. The van der Waals surface area contributed by atoms with Crippen LogP contribution in [-0.4, -0.2) is 21.6 Å². The van der Waals surface area contributed by atoms with Crippen LogP contribution in [-0.2, 0) is 0 Å². The highest BCUT2D eigenvalue weighted by Gasteiger charge is 2.16. The van der Waals surface area contributed by atoms with E-state index in [1.165, 1.54) is 0 Å². The van der Waals surface area contributed by atoms with Crippen LogP contribution in [0, 0.1) is 24.0 Å². The second kappa shape index (κ2) is 7.75. The van der Waals surface area contributed by atoms with Gasteiger partial charge in [0.15, 0.2) is 0 Å². The number of nitrogens with one attached hydrogen (secondary N) is 1. The van der Waals surface area contributed by atoms with E-state index in [9.17, 15) is 20.0 Å². The van der Waals surface area contributed by atoms with Crippen molar-refractivity contribution < 1.29 is 14.8 Å². The molecule has 142 valence electrons. The number of nitro benzene ring substituents is 1. The number of amides is 1. The fourth-order valence-corrected chi connectivity index (χ4v) is 2.94. The number of hydrogen-bond donors (Lipinski definition) is 1. The Kier molecular flexibility index (Phi) is 5.21. The van der Waals surface area contributed by atoms with E-state index in [4.69, 9.17) is 0 Å². The van der Waals surface area contributed by atoms with E-state index in [1.54, 1.807) is 6.07 Å². The van der Waals surface area contributed by atoms with Crippen LogP contribution >= 0.6 is 0 Å². The van der Waals surface area contributed by atoms with Crippen molar-refractivity contribution in [1.82, 2.24) is 9.99 Å². The molecule has 0 atom stereocenters. The minimum atomic E-state index is -0.603. The number of benzene rings is 2. The maximum Gasteiger partial charge on any atom is 0.273 e. The van der Waals surface area contributed by atoms with Crippen LogP contribution in [0.4, 0.5) is 5.69 Å². The molecule has 0 aliphatic heterocycles. The zero-order valence-electron chi connectivity index (χ0n) is 15.2. The van der Waals surface area contributed by atoms with Crippen LogP contribution in [0.1, 0.15) is 27.3 Å². The molecule has 0 bridgehead atoms. The Morgan fingerprint density at radius 1 is 1.14 bits per heavy atom. The molecule has 0 aliphatic carbocycles. The number of aromatic nitrogens is 1. The lowest BCUT2D eigenvalue weighted by Crippen LogP contribution is -2.18. The Hall–Kier alpha value is -3.94. The molecule has 8 nitrogen and oxygen atoms in total. The Morgan fingerprint density at radius 3 is 2.54 bits per heavy atom. The maximum absolute atomic E-state index is 12.5. The third-order valence-corrected chi connectivity index (χ3v) is 4.26. The van der Waals surface area contributed by atoms with E-state index in [0.29, 0.717) is 5.56 Å². The zero-order chi connectivity index (χ0) is 20.3. The van der Waals surface area contributed by atoms with Gasteiger partial charge in [0.2, 0.25) is 0 Å². The number of carbonyl (C=O) groups is 1. The normalized spacial score (nSPS) is 10.9. The summed E-state index contributed by atoms with van der Waals surface area (Å²) in [6.45, 7) is 3.72. The number of carbonyl (C=O) groups excluding carboxylic acids is 1. The van der Waals surface area contributed by atoms with Crippen LogP contribution in [0.5, 0.6) is 5.75 Å². The summed E-state index contributed by atoms with van der Waals surface area (Å²) in [5.41, 5.74) is 5.17. The number of nitro groups is 1. The van der Waals surface area contributed by atoms with Gasteiger partial charge in [0.05, 0.1) is 16.7 Å². The average Bonchev–Trinajstić information content (AvgIpc) is 2.98. The van der Waals surface area contributed by atoms with Crippen molar-refractivity contribution >= 4 is 17.8 Å². The molecule has 1 aromatic heterocycles. The highest BCUT2D eigenvalue weighted by molar-refractivity contribution is 5.96. The second-order valence-corrected chi connectivity index (χ2v) is 6.13. The molecule has 1 N–H and O–H groups in total. The van der Waals surface area contributed by atoms with Crippen molar-refractivity contribution in [1.29, 1.82) is 0 Å². The minimum absolute atomic E-state index is 0.0178. The largest absolute Gasteiger partial charge is 0.872 e. The Morgan fingerprint density at radius 2 is 1.86 bits per heavy atom. The molecule has 1 heterocycles.